The lowest BCUT2D eigenvalue weighted by Crippen LogP contribution is -2.32. The number of carbonyl (C=O) groups is 2. The van der Waals surface area contributed by atoms with E-state index in [2.05, 4.69) is 5.32 Å². The summed E-state index contributed by atoms with van der Waals surface area (Å²) >= 11 is 0. The molecule has 2 aromatic rings. The van der Waals surface area contributed by atoms with Gasteiger partial charge in [0.2, 0.25) is 0 Å². The topological polar surface area (TPSA) is 91.7 Å². The van der Waals surface area contributed by atoms with E-state index in [1.807, 2.05) is 6.07 Å². The molecule has 7 heteroatoms. The second kappa shape index (κ2) is 10.1. The predicted octanol–water partition coefficient (Wildman–Crippen LogP) is 3.24. The first-order chi connectivity index (χ1) is 14.6. The lowest BCUT2D eigenvalue weighted by atomic mass is 10.1. The van der Waals surface area contributed by atoms with Crippen molar-refractivity contribution in [2.75, 3.05) is 32.1 Å². The number of amides is 2. The van der Waals surface area contributed by atoms with Crippen LogP contribution in [0.5, 0.6) is 11.5 Å². The van der Waals surface area contributed by atoms with Crippen LogP contribution in [0.3, 0.4) is 0 Å². The Morgan fingerprint density at radius 1 is 1.13 bits per heavy atom. The van der Waals surface area contributed by atoms with Gasteiger partial charge in [0, 0.05) is 13.1 Å². The van der Waals surface area contributed by atoms with Crippen molar-refractivity contribution in [2.24, 2.45) is 0 Å². The number of benzene rings is 2. The van der Waals surface area contributed by atoms with E-state index in [1.54, 1.807) is 53.4 Å². The normalized spacial score (nSPS) is 13.5. The molecule has 0 aromatic heterocycles. The first-order valence-electron chi connectivity index (χ1n) is 9.67. The molecule has 0 spiro atoms. The Hall–Kier alpha value is -3.79. The van der Waals surface area contributed by atoms with Gasteiger partial charge in [0.15, 0.2) is 6.61 Å². The quantitative estimate of drug-likeness (QED) is 0.564. The van der Waals surface area contributed by atoms with Crippen LogP contribution in [0.15, 0.2) is 54.1 Å². The molecule has 1 N–H and O–H groups in total. The minimum absolute atomic E-state index is 0.0000536. The molecule has 1 fully saturated rings. The van der Waals surface area contributed by atoms with Gasteiger partial charge in [0.05, 0.1) is 12.8 Å². The molecule has 3 rings (SSSR count). The summed E-state index contributed by atoms with van der Waals surface area (Å²) in [6.45, 7) is 1.58. The van der Waals surface area contributed by atoms with Crippen molar-refractivity contribution >= 4 is 23.6 Å². The average Bonchev–Trinajstić information content (AvgIpc) is 3.32. The van der Waals surface area contributed by atoms with E-state index in [-0.39, 0.29) is 18.1 Å². The lowest BCUT2D eigenvalue weighted by molar-refractivity contribution is -0.132. The molecule has 0 aliphatic carbocycles. The van der Waals surface area contributed by atoms with E-state index >= 15 is 0 Å². The third-order valence-electron chi connectivity index (χ3n) is 4.73. The molecule has 154 valence electrons. The third-order valence-corrected chi connectivity index (χ3v) is 4.73. The molecule has 2 amide bonds. The van der Waals surface area contributed by atoms with Crippen LogP contribution in [0.4, 0.5) is 5.69 Å². The molecule has 1 aliphatic rings. The summed E-state index contributed by atoms with van der Waals surface area (Å²) in [7, 11) is 1.51. The van der Waals surface area contributed by atoms with Gasteiger partial charge in [-0.05, 0) is 48.7 Å². The maximum Gasteiger partial charge on any atom is 0.266 e. The highest BCUT2D eigenvalue weighted by Crippen LogP contribution is 2.24. The molecule has 0 radical (unpaired) electrons. The Labute approximate surface area is 175 Å². The Kier molecular flexibility index (Phi) is 7.06. The van der Waals surface area contributed by atoms with Crippen molar-refractivity contribution in [3.63, 3.8) is 0 Å². The van der Waals surface area contributed by atoms with E-state index in [0.717, 1.165) is 25.9 Å². The first-order valence-corrected chi connectivity index (χ1v) is 9.67. The van der Waals surface area contributed by atoms with Crippen molar-refractivity contribution in [1.29, 1.82) is 5.26 Å². The Bertz CT molecular complexity index is 971. The van der Waals surface area contributed by atoms with Gasteiger partial charge in [0.25, 0.3) is 11.8 Å². The van der Waals surface area contributed by atoms with Crippen molar-refractivity contribution in [1.82, 2.24) is 4.90 Å². The average molecular weight is 405 g/mol. The largest absolute Gasteiger partial charge is 0.495 e. The van der Waals surface area contributed by atoms with E-state index in [0.29, 0.717) is 22.7 Å². The van der Waals surface area contributed by atoms with Gasteiger partial charge in [-0.15, -0.1) is 0 Å². The van der Waals surface area contributed by atoms with E-state index in [9.17, 15) is 14.9 Å². The number of nitrogens with zero attached hydrogens (tertiary/aromatic N) is 2. The van der Waals surface area contributed by atoms with Crippen molar-refractivity contribution in [3.8, 4) is 17.6 Å². The summed E-state index contributed by atoms with van der Waals surface area (Å²) in [4.78, 5) is 26.3. The van der Waals surface area contributed by atoms with Crippen LogP contribution in [0, 0.1) is 11.3 Å². The summed E-state index contributed by atoms with van der Waals surface area (Å²) in [5.41, 5.74) is 1.11. The molecule has 30 heavy (non-hydrogen) atoms. The highest BCUT2D eigenvalue weighted by molar-refractivity contribution is 6.10. The summed E-state index contributed by atoms with van der Waals surface area (Å²) in [6, 6.07) is 15.8. The summed E-state index contributed by atoms with van der Waals surface area (Å²) in [6.07, 6.45) is 3.57. The molecule has 1 saturated heterocycles. The first kappa shape index (κ1) is 20.9. The number of hydrogen-bond donors (Lipinski definition) is 1. The van der Waals surface area contributed by atoms with Crippen molar-refractivity contribution in [3.05, 3.63) is 59.7 Å². The van der Waals surface area contributed by atoms with Crippen LogP contribution < -0.4 is 14.8 Å². The fourth-order valence-corrected chi connectivity index (χ4v) is 3.12. The van der Waals surface area contributed by atoms with Gasteiger partial charge < -0.3 is 19.7 Å². The van der Waals surface area contributed by atoms with Crippen LogP contribution in [-0.2, 0) is 9.59 Å². The highest BCUT2D eigenvalue weighted by Gasteiger charge is 2.18. The number of hydrogen-bond acceptors (Lipinski definition) is 5. The van der Waals surface area contributed by atoms with Crippen LogP contribution in [-0.4, -0.2) is 43.5 Å². The minimum Gasteiger partial charge on any atom is -0.495 e. The molecule has 0 bridgehead atoms. The van der Waals surface area contributed by atoms with Crippen molar-refractivity contribution < 1.29 is 19.1 Å². The maximum atomic E-state index is 12.5. The van der Waals surface area contributed by atoms with E-state index in [1.165, 1.54) is 13.2 Å². The number of nitrogens with one attached hydrogen (secondary N) is 1. The van der Waals surface area contributed by atoms with Gasteiger partial charge in [-0.1, -0.05) is 24.3 Å². The zero-order valence-electron chi connectivity index (χ0n) is 16.8. The standard InChI is InChI=1S/C23H23N3O4/c1-29-21-7-3-2-6-20(21)25-23(28)18(15-24)14-17-8-10-19(11-9-17)30-16-22(27)26-12-4-5-13-26/h2-3,6-11,14H,4-5,12-13,16H2,1H3,(H,25,28)/b18-14+. The summed E-state index contributed by atoms with van der Waals surface area (Å²) < 4.78 is 10.8. The third kappa shape index (κ3) is 5.39. The van der Waals surface area contributed by atoms with Crippen LogP contribution in [0.25, 0.3) is 6.08 Å². The zero-order valence-corrected chi connectivity index (χ0v) is 16.8. The molecule has 2 aromatic carbocycles. The van der Waals surface area contributed by atoms with Gasteiger partial charge in [-0.3, -0.25) is 9.59 Å². The molecule has 1 aliphatic heterocycles. The van der Waals surface area contributed by atoms with E-state index < -0.39 is 5.91 Å². The molecule has 0 saturated carbocycles. The Morgan fingerprint density at radius 2 is 1.83 bits per heavy atom. The van der Waals surface area contributed by atoms with Gasteiger partial charge in [0.1, 0.15) is 23.1 Å². The second-order valence-corrected chi connectivity index (χ2v) is 6.77. The van der Waals surface area contributed by atoms with Crippen molar-refractivity contribution in [2.45, 2.75) is 12.8 Å². The number of para-hydroxylation sites is 2. The lowest BCUT2D eigenvalue weighted by Gasteiger charge is -2.15. The van der Waals surface area contributed by atoms with Crippen LogP contribution >= 0.6 is 0 Å². The molecular formula is C23H23N3O4. The van der Waals surface area contributed by atoms with Crippen LogP contribution in [0.2, 0.25) is 0 Å². The molecule has 0 atom stereocenters. The summed E-state index contributed by atoms with van der Waals surface area (Å²) in [5.74, 6) is 0.514. The Balaban J connectivity index is 1.62. The number of anilines is 1. The summed E-state index contributed by atoms with van der Waals surface area (Å²) in [5, 5.41) is 12.1. The number of rotatable bonds is 7. The molecule has 7 nitrogen and oxygen atoms in total. The number of nitriles is 1. The van der Waals surface area contributed by atoms with Crippen LogP contribution in [0.1, 0.15) is 18.4 Å². The van der Waals surface area contributed by atoms with Gasteiger partial charge in [-0.2, -0.15) is 5.26 Å². The molecular weight excluding hydrogens is 382 g/mol. The highest BCUT2D eigenvalue weighted by atomic mass is 16.5. The SMILES string of the molecule is COc1ccccc1NC(=O)/C(C#N)=C/c1ccc(OCC(=O)N2CCCC2)cc1. The predicted molar refractivity (Wildman–Crippen MR) is 113 cm³/mol. The van der Waals surface area contributed by atoms with E-state index in [4.69, 9.17) is 9.47 Å². The van der Waals surface area contributed by atoms with Gasteiger partial charge in [-0.25, -0.2) is 0 Å². The minimum atomic E-state index is -0.529. The second-order valence-electron chi connectivity index (χ2n) is 6.77. The Morgan fingerprint density at radius 3 is 2.50 bits per heavy atom. The fourth-order valence-electron chi connectivity index (χ4n) is 3.12. The molecule has 0 unspecified atom stereocenters. The number of methoxy groups -OCH3 is 1. The van der Waals surface area contributed by atoms with Gasteiger partial charge >= 0.3 is 0 Å². The zero-order chi connectivity index (χ0) is 21.3. The smallest absolute Gasteiger partial charge is 0.266 e. The maximum absolute atomic E-state index is 12.5. The number of likely N-dealkylation sites (tertiary alicyclic amines) is 1. The molecule has 1 heterocycles. The fraction of sp³-hybridized carbons (Fsp3) is 0.261. The number of ether oxygens (including phenoxy) is 2. The monoisotopic (exact) mass is 405 g/mol. The number of carbonyl (C=O) groups excluding carboxylic acids is 2.